The molecule has 3 nitrogen and oxygen atoms in total. The van der Waals surface area contributed by atoms with Crippen LogP contribution in [0.1, 0.15) is 36.7 Å². The van der Waals surface area contributed by atoms with Gasteiger partial charge < -0.3 is 9.47 Å². The summed E-state index contributed by atoms with van der Waals surface area (Å²) in [5.74, 6) is 0.182. The Morgan fingerprint density at radius 2 is 1.82 bits per heavy atom. The lowest BCUT2D eigenvalue weighted by Crippen LogP contribution is -2.16. The Kier molecular flexibility index (Phi) is 4.20. The second kappa shape index (κ2) is 5.08. The molecule has 1 aromatic carbocycles. The van der Waals surface area contributed by atoms with E-state index in [1.807, 2.05) is 6.07 Å². The summed E-state index contributed by atoms with van der Waals surface area (Å²) in [4.78, 5) is 11.7. The monoisotopic (exact) mass is 300 g/mol. The van der Waals surface area contributed by atoms with Crippen molar-refractivity contribution < 1.29 is 14.3 Å². The molecule has 0 aliphatic heterocycles. The van der Waals surface area contributed by atoms with Gasteiger partial charge in [-0.15, -0.1) is 0 Å². The van der Waals surface area contributed by atoms with Crippen LogP contribution in [0.4, 0.5) is 0 Å². The van der Waals surface area contributed by atoms with Gasteiger partial charge in [0, 0.05) is 10.0 Å². The second-order valence-corrected chi connectivity index (χ2v) is 5.69. The van der Waals surface area contributed by atoms with E-state index in [0.717, 1.165) is 10.0 Å². The molecule has 17 heavy (non-hydrogen) atoms. The Morgan fingerprint density at radius 3 is 2.24 bits per heavy atom. The topological polar surface area (TPSA) is 35.5 Å². The Bertz CT molecular complexity index is 433. The third-order valence-electron chi connectivity index (χ3n) is 2.47. The van der Waals surface area contributed by atoms with E-state index in [9.17, 15) is 4.79 Å². The van der Waals surface area contributed by atoms with Gasteiger partial charge in [-0.3, -0.25) is 0 Å². The Balaban J connectivity index is 3.52. The molecule has 1 rings (SSSR count). The second-order valence-electron chi connectivity index (χ2n) is 4.78. The van der Waals surface area contributed by atoms with Gasteiger partial charge in [0.1, 0.15) is 11.3 Å². The van der Waals surface area contributed by atoms with Crippen molar-refractivity contribution in [1.82, 2.24) is 0 Å². The van der Waals surface area contributed by atoms with Gasteiger partial charge in [-0.1, -0.05) is 36.7 Å². The maximum absolute atomic E-state index is 11.7. The van der Waals surface area contributed by atoms with Crippen molar-refractivity contribution in [3.8, 4) is 5.75 Å². The zero-order chi connectivity index (χ0) is 13.2. The standard InChI is InChI=1S/C13H17BrO3/c1-13(2,3)10-7-8(14)6-9(11(10)16-4)12(15)17-5/h6-7H,1-5H3. The summed E-state index contributed by atoms with van der Waals surface area (Å²) in [6, 6.07) is 3.67. The first-order valence-corrected chi connectivity index (χ1v) is 6.07. The van der Waals surface area contributed by atoms with Crippen LogP contribution in [0.5, 0.6) is 5.75 Å². The molecule has 0 bridgehead atoms. The van der Waals surface area contributed by atoms with E-state index in [1.165, 1.54) is 7.11 Å². The Morgan fingerprint density at radius 1 is 1.24 bits per heavy atom. The molecule has 0 spiro atoms. The molecule has 0 saturated heterocycles. The van der Waals surface area contributed by atoms with Crippen LogP contribution < -0.4 is 4.74 Å². The molecule has 0 unspecified atom stereocenters. The fourth-order valence-electron chi connectivity index (χ4n) is 1.63. The van der Waals surface area contributed by atoms with Gasteiger partial charge in [-0.2, -0.15) is 0 Å². The van der Waals surface area contributed by atoms with Gasteiger partial charge in [0.25, 0.3) is 0 Å². The van der Waals surface area contributed by atoms with E-state index in [0.29, 0.717) is 11.3 Å². The average molecular weight is 301 g/mol. The minimum atomic E-state index is -0.395. The third kappa shape index (κ3) is 3.00. The largest absolute Gasteiger partial charge is 0.496 e. The van der Waals surface area contributed by atoms with Crippen molar-refractivity contribution in [3.63, 3.8) is 0 Å². The van der Waals surface area contributed by atoms with Crippen molar-refractivity contribution in [2.75, 3.05) is 14.2 Å². The summed E-state index contributed by atoms with van der Waals surface area (Å²) >= 11 is 3.40. The quantitative estimate of drug-likeness (QED) is 0.784. The van der Waals surface area contributed by atoms with E-state index in [-0.39, 0.29) is 5.41 Å². The van der Waals surface area contributed by atoms with Gasteiger partial charge in [-0.25, -0.2) is 4.79 Å². The molecule has 0 aromatic heterocycles. The maximum atomic E-state index is 11.7. The average Bonchev–Trinajstić information content (AvgIpc) is 2.25. The lowest BCUT2D eigenvalue weighted by atomic mass is 9.85. The number of methoxy groups -OCH3 is 2. The van der Waals surface area contributed by atoms with E-state index in [2.05, 4.69) is 36.7 Å². The summed E-state index contributed by atoms with van der Waals surface area (Å²) in [5, 5.41) is 0. The maximum Gasteiger partial charge on any atom is 0.341 e. The highest BCUT2D eigenvalue weighted by atomic mass is 79.9. The molecule has 0 N–H and O–H groups in total. The normalized spacial score (nSPS) is 11.2. The van der Waals surface area contributed by atoms with E-state index in [4.69, 9.17) is 9.47 Å². The number of benzene rings is 1. The molecule has 0 saturated carbocycles. The van der Waals surface area contributed by atoms with Crippen LogP contribution in [0.3, 0.4) is 0 Å². The molecular formula is C13H17BrO3. The zero-order valence-electron chi connectivity index (χ0n) is 10.8. The van der Waals surface area contributed by atoms with Crippen LogP contribution in [0, 0.1) is 0 Å². The first kappa shape index (κ1) is 14.0. The predicted molar refractivity (Wildman–Crippen MR) is 70.7 cm³/mol. The summed E-state index contributed by atoms with van der Waals surface area (Å²) in [7, 11) is 2.92. The molecule has 1 aromatic rings. The van der Waals surface area contributed by atoms with E-state index < -0.39 is 5.97 Å². The smallest absolute Gasteiger partial charge is 0.341 e. The minimum absolute atomic E-state index is 0.113. The SMILES string of the molecule is COC(=O)c1cc(Br)cc(C(C)(C)C)c1OC. The molecule has 0 radical (unpaired) electrons. The number of carbonyl (C=O) groups is 1. The van der Waals surface area contributed by atoms with Gasteiger partial charge in [0.15, 0.2) is 0 Å². The van der Waals surface area contributed by atoms with Crippen molar-refractivity contribution in [1.29, 1.82) is 0 Å². The Labute approximate surface area is 110 Å². The fourth-order valence-corrected chi connectivity index (χ4v) is 2.09. The van der Waals surface area contributed by atoms with Crippen LogP contribution >= 0.6 is 15.9 Å². The number of hydrogen-bond acceptors (Lipinski definition) is 3. The van der Waals surface area contributed by atoms with Gasteiger partial charge in [-0.05, 0) is 17.5 Å². The fraction of sp³-hybridized carbons (Fsp3) is 0.462. The molecule has 0 amide bonds. The Hall–Kier alpha value is -1.03. The lowest BCUT2D eigenvalue weighted by molar-refractivity contribution is 0.0596. The van der Waals surface area contributed by atoms with E-state index >= 15 is 0 Å². The predicted octanol–water partition coefficient (Wildman–Crippen LogP) is 3.54. The number of esters is 1. The number of halogens is 1. The molecule has 4 heteroatoms. The van der Waals surface area contributed by atoms with Gasteiger partial charge >= 0.3 is 5.97 Å². The number of ether oxygens (including phenoxy) is 2. The highest BCUT2D eigenvalue weighted by Gasteiger charge is 2.25. The highest BCUT2D eigenvalue weighted by molar-refractivity contribution is 9.10. The van der Waals surface area contributed by atoms with Crippen LogP contribution in [0.2, 0.25) is 0 Å². The first-order chi connectivity index (χ1) is 7.81. The van der Waals surface area contributed by atoms with Crippen LogP contribution in [0.15, 0.2) is 16.6 Å². The molecular weight excluding hydrogens is 284 g/mol. The molecule has 0 fully saturated rings. The van der Waals surface area contributed by atoms with Crippen molar-refractivity contribution in [2.45, 2.75) is 26.2 Å². The molecule has 0 heterocycles. The van der Waals surface area contributed by atoms with Crippen LogP contribution in [-0.2, 0) is 10.2 Å². The van der Waals surface area contributed by atoms with Crippen molar-refractivity contribution in [3.05, 3.63) is 27.7 Å². The summed E-state index contributed by atoms with van der Waals surface area (Å²) in [6.07, 6.45) is 0. The molecule has 94 valence electrons. The van der Waals surface area contributed by atoms with Gasteiger partial charge in [0.2, 0.25) is 0 Å². The molecule has 0 aliphatic carbocycles. The first-order valence-electron chi connectivity index (χ1n) is 5.27. The minimum Gasteiger partial charge on any atom is -0.496 e. The van der Waals surface area contributed by atoms with Crippen molar-refractivity contribution >= 4 is 21.9 Å². The van der Waals surface area contributed by atoms with Crippen LogP contribution in [0.25, 0.3) is 0 Å². The summed E-state index contributed by atoms with van der Waals surface area (Å²) in [6.45, 7) is 6.20. The number of rotatable bonds is 2. The molecule has 0 aliphatic rings. The van der Waals surface area contributed by atoms with Crippen LogP contribution in [-0.4, -0.2) is 20.2 Å². The molecule has 0 atom stereocenters. The number of carbonyl (C=O) groups excluding carboxylic acids is 1. The van der Waals surface area contributed by atoms with Gasteiger partial charge in [0.05, 0.1) is 14.2 Å². The van der Waals surface area contributed by atoms with Crippen molar-refractivity contribution in [2.24, 2.45) is 0 Å². The summed E-state index contributed by atoms with van der Waals surface area (Å²) < 4.78 is 11.0. The highest BCUT2D eigenvalue weighted by Crippen LogP contribution is 2.36. The summed E-state index contributed by atoms with van der Waals surface area (Å²) in [5.41, 5.74) is 1.29. The van der Waals surface area contributed by atoms with E-state index in [1.54, 1.807) is 13.2 Å². The zero-order valence-corrected chi connectivity index (χ0v) is 12.3. The number of hydrogen-bond donors (Lipinski definition) is 0. The third-order valence-corrected chi connectivity index (χ3v) is 2.93. The lowest BCUT2D eigenvalue weighted by Gasteiger charge is -2.23.